The molecule has 112 valence electrons. The maximum absolute atomic E-state index is 13.1. The molecule has 1 unspecified atom stereocenters. The van der Waals surface area contributed by atoms with E-state index in [0.29, 0.717) is 5.56 Å². The zero-order valence-corrected chi connectivity index (χ0v) is 12.9. The molecular weight excluding hydrogens is 264 g/mol. The summed E-state index contributed by atoms with van der Waals surface area (Å²) in [4.78, 5) is 29.3. The van der Waals surface area contributed by atoms with Crippen LogP contribution < -0.4 is 0 Å². The van der Waals surface area contributed by atoms with Crippen molar-refractivity contribution in [3.63, 3.8) is 0 Å². The van der Waals surface area contributed by atoms with Gasteiger partial charge >= 0.3 is 0 Å². The average molecular weight is 286 g/mol. The van der Waals surface area contributed by atoms with Crippen molar-refractivity contribution >= 4 is 11.8 Å². The molecule has 0 aromatic heterocycles. The molecule has 3 rings (SSSR count). The van der Waals surface area contributed by atoms with E-state index in [1.54, 1.807) is 0 Å². The predicted octanol–water partition coefficient (Wildman–Crippen LogP) is 2.39. The second kappa shape index (κ2) is 4.95. The summed E-state index contributed by atoms with van der Waals surface area (Å²) in [5.41, 5.74) is 1.17. The highest BCUT2D eigenvalue weighted by molar-refractivity contribution is 6.13. The lowest BCUT2D eigenvalue weighted by atomic mass is 9.72. The lowest BCUT2D eigenvalue weighted by Gasteiger charge is -2.43. The van der Waals surface area contributed by atoms with Crippen molar-refractivity contribution in [2.24, 2.45) is 0 Å². The molecule has 1 atom stereocenters. The van der Waals surface area contributed by atoms with Gasteiger partial charge in [0, 0.05) is 5.56 Å². The molecule has 1 heterocycles. The fourth-order valence-electron chi connectivity index (χ4n) is 3.69. The van der Waals surface area contributed by atoms with Gasteiger partial charge in [-0.3, -0.25) is 19.4 Å². The summed E-state index contributed by atoms with van der Waals surface area (Å²) >= 11 is 0. The van der Waals surface area contributed by atoms with Gasteiger partial charge in [-0.15, -0.1) is 0 Å². The third kappa shape index (κ3) is 1.93. The maximum Gasteiger partial charge on any atom is 0.262 e. The summed E-state index contributed by atoms with van der Waals surface area (Å²) in [6.45, 7) is 1.91. The van der Waals surface area contributed by atoms with Gasteiger partial charge in [0.2, 0.25) is 5.91 Å². The van der Waals surface area contributed by atoms with Gasteiger partial charge in [0.25, 0.3) is 5.91 Å². The molecular formula is C17H22N2O2. The zero-order valence-electron chi connectivity index (χ0n) is 12.9. The van der Waals surface area contributed by atoms with Gasteiger partial charge in [-0.2, -0.15) is 0 Å². The van der Waals surface area contributed by atoms with Crippen molar-refractivity contribution in [1.29, 1.82) is 0 Å². The number of carbonyl (C=O) groups excluding carboxylic acids is 2. The normalized spacial score (nSPS) is 22.0. The molecule has 2 aliphatic rings. The number of imide groups is 1. The number of benzene rings is 1. The Morgan fingerprint density at radius 2 is 1.76 bits per heavy atom. The first-order valence-electron chi connectivity index (χ1n) is 7.63. The summed E-state index contributed by atoms with van der Waals surface area (Å²) in [5, 5.41) is 0. The summed E-state index contributed by atoms with van der Waals surface area (Å²) in [5.74, 6) is -0.167. The molecule has 1 aliphatic heterocycles. The van der Waals surface area contributed by atoms with Crippen LogP contribution in [0.4, 0.5) is 0 Å². The van der Waals surface area contributed by atoms with Gasteiger partial charge in [-0.05, 0) is 45.5 Å². The Labute approximate surface area is 125 Å². The Morgan fingerprint density at radius 3 is 2.38 bits per heavy atom. The average Bonchev–Trinajstić information content (AvgIpc) is 2.96. The highest BCUT2D eigenvalue weighted by Crippen LogP contribution is 2.47. The molecule has 4 heteroatoms. The van der Waals surface area contributed by atoms with Crippen LogP contribution >= 0.6 is 0 Å². The van der Waals surface area contributed by atoms with Gasteiger partial charge in [-0.1, -0.05) is 31.0 Å². The number of rotatable bonds is 2. The molecule has 1 aromatic carbocycles. The van der Waals surface area contributed by atoms with Crippen LogP contribution in [0.3, 0.4) is 0 Å². The number of carbonyl (C=O) groups is 2. The number of hydrogen-bond acceptors (Lipinski definition) is 3. The SMILES string of the molecule is CC(N(C)C)N1C(=O)c2ccccc2C2(CCCC2)C1=O. The van der Waals surface area contributed by atoms with Gasteiger partial charge in [0.1, 0.15) is 0 Å². The van der Waals surface area contributed by atoms with Crippen LogP contribution in [-0.4, -0.2) is 41.9 Å². The summed E-state index contributed by atoms with van der Waals surface area (Å²) in [6.07, 6.45) is 3.59. The molecule has 1 aromatic rings. The van der Waals surface area contributed by atoms with E-state index in [1.807, 2.05) is 50.2 Å². The van der Waals surface area contributed by atoms with Crippen LogP contribution in [0.5, 0.6) is 0 Å². The lowest BCUT2D eigenvalue weighted by Crippen LogP contribution is -2.59. The van der Waals surface area contributed by atoms with Crippen LogP contribution in [0.2, 0.25) is 0 Å². The quantitative estimate of drug-likeness (QED) is 0.784. The van der Waals surface area contributed by atoms with Crippen molar-refractivity contribution in [3.8, 4) is 0 Å². The lowest BCUT2D eigenvalue weighted by molar-refractivity contribution is -0.139. The highest BCUT2D eigenvalue weighted by Gasteiger charge is 2.52. The van der Waals surface area contributed by atoms with Gasteiger partial charge in [-0.25, -0.2) is 0 Å². The van der Waals surface area contributed by atoms with E-state index < -0.39 is 5.41 Å². The van der Waals surface area contributed by atoms with E-state index in [2.05, 4.69) is 0 Å². The van der Waals surface area contributed by atoms with Gasteiger partial charge in [0.15, 0.2) is 0 Å². The number of amides is 2. The summed E-state index contributed by atoms with van der Waals surface area (Å²) < 4.78 is 0. The van der Waals surface area contributed by atoms with E-state index in [0.717, 1.165) is 31.2 Å². The summed E-state index contributed by atoms with van der Waals surface area (Å²) in [6, 6.07) is 7.64. The maximum atomic E-state index is 13.1. The van der Waals surface area contributed by atoms with Crippen molar-refractivity contribution < 1.29 is 9.59 Å². The molecule has 0 N–H and O–H groups in total. The first-order valence-corrected chi connectivity index (χ1v) is 7.63. The standard InChI is InChI=1S/C17H22N2O2/c1-12(18(2)3)19-15(20)13-8-4-5-9-14(13)17(16(19)21)10-6-7-11-17/h4-5,8-9,12H,6-7,10-11H2,1-3H3. The molecule has 1 saturated carbocycles. The van der Waals surface area contributed by atoms with E-state index in [1.165, 1.54) is 4.90 Å². The summed E-state index contributed by atoms with van der Waals surface area (Å²) in [7, 11) is 3.79. The zero-order chi connectivity index (χ0) is 15.2. The topological polar surface area (TPSA) is 40.6 Å². The fraction of sp³-hybridized carbons (Fsp3) is 0.529. The van der Waals surface area contributed by atoms with Crippen LogP contribution in [0, 0.1) is 0 Å². The van der Waals surface area contributed by atoms with Crippen molar-refractivity contribution in [1.82, 2.24) is 9.80 Å². The fourth-order valence-corrected chi connectivity index (χ4v) is 3.69. The Hall–Kier alpha value is -1.68. The van der Waals surface area contributed by atoms with Crippen molar-refractivity contribution in [2.75, 3.05) is 14.1 Å². The largest absolute Gasteiger partial charge is 0.289 e. The molecule has 1 aliphatic carbocycles. The molecule has 2 amide bonds. The van der Waals surface area contributed by atoms with Crippen LogP contribution in [0.1, 0.15) is 48.5 Å². The van der Waals surface area contributed by atoms with E-state index in [9.17, 15) is 9.59 Å². The second-order valence-electron chi connectivity index (χ2n) is 6.41. The smallest absolute Gasteiger partial charge is 0.262 e. The molecule has 0 saturated heterocycles. The Kier molecular flexibility index (Phi) is 3.36. The molecule has 4 nitrogen and oxygen atoms in total. The van der Waals surface area contributed by atoms with E-state index in [-0.39, 0.29) is 18.0 Å². The third-order valence-electron chi connectivity index (χ3n) is 5.10. The first kappa shape index (κ1) is 14.3. The van der Waals surface area contributed by atoms with Crippen molar-refractivity contribution in [2.45, 2.75) is 44.2 Å². The van der Waals surface area contributed by atoms with Crippen LogP contribution in [-0.2, 0) is 10.2 Å². The predicted molar refractivity (Wildman–Crippen MR) is 80.9 cm³/mol. The Balaban J connectivity index is 2.17. The Bertz CT molecular complexity index is 588. The van der Waals surface area contributed by atoms with Crippen LogP contribution in [0.15, 0.2) is 24.3 Å². The van der Waals surface area contributed by atoms with E-state index in [4.69, 9.17) is 0 Å². The van der Waals surface area contributed by atoms with Gasteiger partial charge in [0.05, 0.1) is 11.6 Å². The Morgan fingerprint density at radius 1 is 1.14 bits per heavy atom. The minimum Gasteiger partial charge on any atom is -0.289 e. The van der Waals surface area contributed by atoms with Gasteiger partial charge < -0.3 is 0 Å². The minimum atomic E-state index is -0.477. The minimum absolute atomic E-state index is 0.00935. The second-order valence-corrected chi connectivity index (χ2v) is 6.41. The third-order valence-corrected chi connectivity index (χ3v) is 5.10. The molecule has 1 spiro atoms. The molecule has 0 radical (unpaired) electrons. The number of nitrogens with zero attached hydrogens (tertiary/aromatic N) is 2. The van der Waals surface area contributed by atoms with E-state index >= 15 is 0 Å². The molecule has 21 heavy (non-hydrogen) atoms. The van der Waals surface area contributed by atoms with Crippen molar-refractivity contribution in [3.05, 3.63) is 35.4 Å². The number of fused-ring (bicyclic) bond motifs is 2. The number of hydrogen-bond donors (Lipinski definition) is 0. The van der Waals surface area contributed by atoms with Crippen LogP contribution in [0.25, 0.3) is 0 Å². The highest BCUT2D eigenvalue weighted by atomic mass is 16.2. The molecule has 1 fully saturated rings. The monoisotopic (exact) mass is 286 g/mol. The molecule has 0 bridgehead atoms. The first-order chi connectivity index (χ1) is 9.99.